The van der Waals surface area contributed by atoms with Gasteiger partial charge in [-0.3, -0.25) is 0 Å². The summed E-state index contributed by atoms with van der Waals surface area (Å²) in [4.78, 5) is 11.7. The Hall–Kier alpha value is -1.75. The van der Waals surface area contributed by atoms with Gasteiger partial charge in [-0.05, 0) is 25.5 Å². The Morgan fingerprint density at radius 2 is 2.16 bits per heavy atom. The van der Waals surface area contributed by atoms with Crippen LogP contribution in [0.15, 0.2) is 12.1 Å². The van der Waals surface area contributed by atoms with Crippen molar-refractivity contribution in [1.29, 1.82) is 0 Å². The number of phenols is 1. The number of esters is 1. The third-order valence-corrected chi connectivity index (χ3v) is 3.44. The quantitative estimate of drug-likeness (QED) is 0.818. The fraction of sp³-hybridized carbons (Fsp3) is 0.500. The van der Waals surface area contributed by atoms with Crippen molar-refractivity contribution in [1.82, 2.24) is 5.32 Å². The van der Waals surface area contributed by atoms with E-state index in [0.29, 0.717) is 11.3 Å². The first-order valence-electron chi connectivity index (χ1n) is 6.40. The molecule has 19 heavy (non-hydrogen) atoms. The van der Waals surface area contributed by atoms with Crippen LogP contribution in [0.1, 0.15) is 41.2 Å². The van der Waals surface area contributed by atoms with Gasteiger partial charge in [0.2, 0.25) is 0 Å². The molecule has 1 saturated heterocycles. The van der Waals surface area contributed by atoms with Gasteiger partial charge in [0.15, 0.2) is 0 Å². The Morgan fingerprint density at radius 3 is 2.74 bits per heavy atom. The van der Waals surface area contributed by atoms with Crippen LogP contribution in [0.25, 0.3) is 0 Å². The van der Waals surface area contributed by atoms with Gasteiger partial charge < -0.3 is 19.9 Å². The monoisotopic (exact) mass is 265 g/mol. The summed E-state index contributed by atoms with van der Waals surface area (Å²) in [7, 11) is 2.78. The number of benzene rings is 1. The molecule has 0 aromatic heterocycles. The summed E-state index contributed by atoms with van der Waals surface area (Å²) in [6, 6.07) is 3.20. The fourth-order valence-electron chi connectivity index (χ4n) is 2.42. The molecule has 1 unspecified atom stereocenters. The molecule has 1 fully saturated rings. The number of hydrogen-bond acceptors (Lipinski definition) is 5. The molecule has 1 heterocycles. The van der Waals surface area contributed by atoms with Crippen LogP contribution < -0.4 is 10.1 Å². The summed E-state index contributed by atoms with van der Waals surface area (Å²) in [6.45, 7) is 0.920. The molecule has 0 saturated carbocycles. The van der Waals surface area contributed by atoms with E-state index in [1.54, 1.807) is 6.07 Å². The van der Waals surface area contributed by atoms with E-state index in [4.69, 9.17) is 9.47 Å². The zero-order valence-electron chi connectivity index (χ0n) is 11.2. The largest absolute Gasteiger partial charge is 0.507 e. The van der Waals surface area contributed by atoms with Crippen LogP contribution >= 0.6 is 0 Å². The molecule has 1 aliphatic rings. The number of rotatable bonds is 3. The van der Waals surface area contributed by atoms with E-state index < -0.39 is 5.97 Å². The van der Waals surface area contributed by atoms with Crippen molar-refractivity contribution >= 4 is 5.97 Å². The zero-order valence-corrected chi connectivity index (χ0v) is 11.2. The summed E-state index contributed by atoms with van der Waals surface area (Å²) in [5.41, 5.74) is 1.06. The van der Waals surface area contributed by atoms with Gasteiger partial charge >= 0.3 is 5.97 Å². The van der Waals surface area contributed by atoms with E-state index in [2.05, 4.69) is 5.32 Å². The van der Waals surface area contributed by atoms with Crippen molar-refractivity contribution < 1.29 is 19.4 Å². The molecular weight excluding hydrogens is 246 g/mol. The van der Waals surface area contributed by atoms with Crippen molar-refractivity contribution in [3.8, 4) is 11.5 Å². The predicted octanol–water partition coefficient (Wildman–Crippen LogP) is 2.00. The molecule has 1 aromatic carbocycles. The van der Waals surface area contributed by atoms with Gasteiger partial charge in [0.05, 0.1) is 14.2 Å². The van der Waals surface area contributed by atoms with Gasteiger partial charge in [0.25, 0.3) is 0 Å². The number of carbonyl (C=O) groups is 1. The average molecular weight is 265 g/mol. The summed E-state index contributed by atoms with van der Waals surface area (Å²) < 4.78 is 9.85. The number of phenolic OH excluding ortho intramolecular Hbond substituents is 1. The van der Waals surface area contributed by atoms with Crippen molar-refractivity contribution in [2.45, 2.75) is 25.3 Å². The van der Waals surface area contributed by atoms with E-state index in [0.717, 1.165) is 31.4 Å². The minimum absolute atomic E-state index is 0.0723. The van der Waals surface area contributed by atoms with E-state index in [9.17, 15) is 9.90 Å². The number of methoxy groups -OCH3 is 2. The lowest BCUT2D eigenvalue weighted by Gasteiger charge is -2.25. The first-order valence-corrected chi connectivity index (χ1v) is 6.40. The predicted molar refractivity (Wildman–Crippen MR) is 70.6 cm³/mol. The lowest BCUT2D eigenvalue weighted by atomic mass is 9.95. The lowest BCUT2D eigenvalue weighted by molar-refractivity contribution is 0.0597. The number of ether oxygens (including phenoxy) is 2. The summed E-state index contributed by atoms with van der Waals surface area (Å²) in [6.07, 6.45) is 3.19. The molecule has 1 aromatic rings. The number of nitrogens with one attached hydrogen (secondary N) is 1. The van der Waals surface area contributed by atoms with Gasteiger partial charge in [0.1, 0.15) is 17.1 Å². The minimum Gasteiger partial charge on any atom is -0.507 e. The SMILES string of the molecule is COC(=O)c1cc(C2CCCCN2)c(O)cc1OC. The minimum atomic E-state index is -0.464. The second kappa shape index (κ2) is 5.93. The van der Waals surface area contributed by atoms with Crippen LogP contribution in [-0.4, -0.2) is 31.8 Å². The van der Waals surface area contributed by atoms with Gasteiger partial charge in [-0.2, -0.15) is 0 Å². The average Bonchev–Trinajstić information content (AvgIpc) is 2.47. The molecule has 0 amide bonds. The van der Waals surface area contributed by atoms with E-state index in [1.807, 2.05) is 0 Å². The highest BCUT2D eigenvalue weighted by molar-refractivity contribution is 5.93. The van der Waals surface area contributed by atoms with E-state index >= 15 is 0 Å². The van der Waals surface area contributed by atoms with Crippen molar-refractivity contribution in [3.05, 3.63) is 23.3 Å². The summed E-state index contributed by atoms with van der Waals surface area (Å²) >= 11 is 0. The van der Waals surface area contributed by atoms with Crippen LogP contribution in [0.4, 0.5) is 0 Å². The second-order valence-electron chi connectivity index (χ2n) is 4.61. The molecule has 2 N–H and O–H groups in total. The Labute approximate surface area is 112 Å². The molecule has 0 aliphatic carbocycles. The molecule has 104 valence electrons. The molecule has 1 atom stereocenters. The Kier molecular flexibility index (Phi) is 4.27. The second-order valence-corrected chi connectivity index (χ2v) is 4.61. The summed E-state index contributed by atoms with van der Waals surface area (Å²) in [5, 5.41) is 13.4. The molecule has 5 heteroatoms. The van der Waals surface area contributed by atoms with Crippen LogP contribution in [0.3, 0.4) is 0 Å². The molecule has 2 rings (SSSR count). The molecular formula is C14H19NO4. The van der Waals surface area contributed by atoms with Crippen molar-refractivity contribution in [2.24, 2.45) is 0 Å². The molecule has 1 aliphatic heterocycles. The van der Waals surface area contributed by atoms with Gasteiger partial charge in [-0.1, -0.05) is 6.42 Å². The third-order valence-electron chi connectivity index (χ3n) is 3.44. The smallest absolute Gasteiger partial charge is 0.341 e. The first-order chi connectivity index (χ1) is 9.17. The Bertz CT molecular complexity index is 467. The normalized spacial score (nSPS) is 18.9. The third kappa shape index (κ3) is 2.81. The molecule has 0 spiro atoms. The molecule has 0 bridgehead atoms. The maximum atomic E-state index is 11.7. The number of aromatic hydroxyl groups is 1. The fourth-order valence-corrected chi connectivity index (χ4v) is 2.42. The number of carbonyl (C=O) groups excluding carboxylic acids is 1. The van der Waals surface area contributed by atoms with Crippen LogP contribution in [0, 0.1) is 0 Å². The Balaban J connectivity index is 2.40. The first kappa shape index (κ1) is 13.7. The number of piperidine rings is 1. The van der Waals surface area contributed by atoms with E-state index in [1.165, 1.54) is 20.3 Å². The van der Waals surface area contributed by atoms with E-state index in [-0.39, 0.29) is 11.8 Å². The lowest BCUT2D eigenvalue weighted by Crippen LogP contribution is -2.27. The highest BCUT2D eigenvalue weighted by Crippen LogP contribution is 2.35. The standard InChI is InChI=1S/C14H19NO4/c1-18-13-8-12(16)9(7-10(13)14(17)19-2)11-5-3-4-6-15-11/h7-8,11,15-16H,3-6H2,1-2H3. The highest BCUT2D eigenvalue weighted by Gasteiger charge is 2.23. The zero-order chi connectivity index (χ0) is 13.8. The Morgan fingerprint density at radius 1 is 1.37 bits per heavy atom. The molecule has 5 nitrogen and oxygen atoms in total. The topological polar surface area (TPSA) is 67.8 Å². The maximum absolute atomic E-state index is 11.7. The highest BCUT2D eigenvalue weighted by atomic mass is 16.5. The van der Waals surface area contributed by atoms with Crippen LogP contribution in [-0.2, 0) is 4.74 Å². The summed E-state index contributed by atoms with van der Waals surface area (Å²) in [5.74, 6) is 0.00159. The van der Waals surface area contributed by atoms with Gasteiger partial charge in [-0.25, -0.2) is 4.79 Å². The van der Waals surface area contributed by atoms with Crippen molar-refractivity contribution in [2.75, 3.05) is 20.8 Å². The molecule has 0 radical (unpaired) electrons. The maximum Gasteiger partial charge on any atom is 0.341 e. The van der Waals surface area contributed by atoms with Gasteiger partial charge in [-0.15, -0.1) is 0 Å². The van der Waals surface area contributed by atoms with Crippen LogP contribution in [0.5, 0.6) is 11.5 Å². The van der Waals surface area contributed by atoms with Gasteiger partial charge in [0, 0.05) is 17.7 Å². The van der Waals surface area contributed by atoms with Crippen LogP contribution in [0.2, 0.25) is 0 Å². The number of hydrogen-bond donors (Lipinski definition) is 2. The van der Waals surface area contributed by atoms with Crippen molar-refractivity contribution in [3.63, 3.8) is 0 Å².